The van der Waals surface area contributed by atoms with Crippen molar-refractivity contribution in [3.8, 4) is 12.3 Å². The molecule has 0 aromatic carbocycles. The zero-order valence-corrected chi connectivity index (χ0v) is 24.6. The molecule has 0 fully saturated rings. The molecule has 0 aromatic rings. The molecule has 2 unspecified atom stereocenters. The van der Waals surface area contributed by atoms with Crippen molar-refractivity contribution in [2.75, 3.05) is 59.3 Å². The summed E-state index contributed by atoms with van der Waals surface area (Å²) in [6.45, 7) is 7.88. The van der Waals surface area contributed by atoms with E-state index in [1.54, 1.807) is 41.5 Å². The first kappa shape index (κ1) is 37.8. The molecule has 236 valence electrons. The van der Waals surface area contributed by atoms with E-state index >= 15 is 0 Å². The van der Waals surface area contributed by atoms with Gasteiger partial charge in [-0.2, -0.15) is 0 Å². The van der Waals surface area contributed by atoms with E-state index in [9.17, 15) is 29.4 Å². The maximum absolute atomic E-state index is 11.7. The van der Waals surface area contributed by atoms with E-state index in [2.05, 4.69) is 16.6 Å². The minimum absolute atomic E-state index is 0.0473. The fourth-order valence-electron chi connectivity index (χ4n) is 2.47. The van der Waals surface area contributed by atoms with Crippen LogP contribution in [0.15, 0.2) is 0 Å². The molecule has 0 saturated heterocycles. The zero-order chi connectivity index (χ0) is 31.5. The Kier molecular flexibility index (Phi) is 18.3. The lowest BCUT2D eigenvalue weighted by Crippen LogP contribution is -2.37. The van der Waals surface area contributed by atoms with Crippen LogP contribution in [0.3, 0.4) is 0 Å². The second kappa shape index (κ2) is 19.8. The van der Waals surface area contributed by atoms with E-state index in [0.717, 1.165) is 0 Å². The molecule has 0 aliphatic carbocycles. The Balaban J connectivity index is 4.20. The first-order chi connectivity index (χ1) is 19.0. The molecule has 0 heterocycles. The summed E-state index contributed by atoms with van der Waals surface area (Å²) in [6, 6.07) is 0. The Morgan fingerprint density at radius 1 is 0.707 bits per heavy atom. The third-order valence-electron chi connectivity index (χ3n) is 4.06. The fourth-order valence-corrected chi connectivity index (χ4v) is 2.47. The smallest absolute Gasteiger partial charge is 0.408 e. The molecule has 2 atom stereocenters. The first-order valence-electron chi connectivity index (χ1n) is 12.8. The van der Waals surface area contributed by atoms with Crippen molar-refractivity contribution >= 4 is 24.1 Å². The van der Waals surface area contributed by atoms with Crippen LogP contribution in [0.25, 0.3) is 0 Å². The predicted molar refractivity (Wildman–Crippen MR) is 143 cm³/mol. The van der Waals surface area contributed by atoms with Gasteiger partial charge in [-0.3, -0.25) is 9.59 Å². The minimum atomic E-state index is -1.16. The fraction of sp³-hybridized carbons (Fsp3) is 0.769. The van der Waals surface area contributed by atoms with Gasteiger partial charge in [0.15, 0.2) is 0 Å². The van der Waals surface area contributed by atoms with E-state index in [1.807, 2.05) is 0 Å². The summed E-state index contributed by atoms with van der Waals surface area (Å²) in [4.78, 5) is 46.5. The van der Waals surface area contributed by atoms with Crippen LogP contribution in [-0.4, -0.2) is 123 Å². The summed E-state index contributed by atoms with van der Waals surface area (Å²) in [5.74, 6) is 0.750. The summed E-state index contributed by atoms with van der Waals surface area (Å²) in [7, 11) is 0. The van der Waals surface area contributed by atoms with Crippen LogP contribution in [0.2, 0.25) is 0 Å². The van der Waals surface area contributed by atoms with E-state index in [-0.39, 0.29) is 46.2 Å². The van der Waals surface area contributed by atoms with Gasteiger partial charge < -0.3 is 54.0 Å². The van der Waals surface area contributed by atoms with Crippen LogP contribution in [0.1, 0.15) is 41.5 Å². The van der Waals surface area contributed by atoms with Crippen molar-refractivity contribution in [2.24, 2.45) is 0 Å². The molecule has 15 heteroatoms. The van der Waals surface area contributed by atoms with Gasteiger partial charge >= 0.3 is 24.1 Å². The molecule has 4 N–H and O–H groups in total. The van der Waals surface area contributed by atoms with E-state index in [1.165, 1.54) is 0 Å². The number of amides is 2. The van der Waals surface area contributed by atoms with Gasteiger partial charge in [0.1, 0.15) is 62.4 Å². The van der Waals surface area contributed by atoms with Crippen molar-refractivity contribution in [2.45, 2.75) is 71.1 Å². The molecule has 0 radical (unpaired) electrons. The van der Waals surface area contributed by atoms with Crippen LogP contribution < -0.4 is 10.6 Å². The van der Waals surface area contributed by atoms with E-state index in [0.29, 0.717) is 0 Å². The van der Waals surface area contributed by atoms with Crippen molar-refractivity contribution in [3.05, 3.63) is 0 Å². The molecule has 0 rings (SSSR count). The lowest BCUT2D eigenvalue weighted by atomic mass is 10.2. The molecule has 41 heavy (non-hydrogen) atoms. The van der Waals surface area contributed by atoms with Crippen molar-refractivity contribution in [1.29, 1.82) is 0 Å². The number of ether oxygens (including phenoxy) is 7. The molecular formula is C26H44N2O13. The number of esters is 2. The molecule has 0 bridgehead atoms. The highest BCUT2D eigenvalue weighted by Crippen LogP contribution is 2.07. The molecule has 0 aliphatic heterocycles. The third kappa shape index (κ3) is 24.4. The Hall–Kier alpha value is -3.16. The first-order valence-corrected chi connectivity index (χ1v) is 12.8. The van der Waals surface area contributed by atoms with Crippen LogP contribution in [0, 0.1) is 12.3 Å². The highest BCUT2D eigenvalue weighted by molar-refractivity contribution is 5.78. The summed E-state index contributed by atoms with van der Waals surface area (Å²) >= 11 is 0. The maximum atomic E-state index is 11.7. The summed E-state index contributed by atoms with van der Waals surface area (Å²) < 4.78 is 35.9. The molecular weight excluding hydrogens is 548 g/mol. The van der Waals surface area contributed by atoms with Gasteiger partial charge in [0, 0.05) is 0 Å². The van der Waals surface area contributed by atoms with Crippen molar-refractivity contribution < 1.29 is 62.5 Å². The summed E-state index contributed by atoms with van der Waals surface area (Å²) in [6.07, 6.45) is 0.682. The normalized spacial score (nSPS) is 13.6. The van der Waals surface area contributed by atoms with E-state index < -0.39 is 66.7 Å². The van der Waals surface area contributed by atoms with Gasteiger partial charge in [0.2, 0.25) is 0 Å². The lowest BCUT2D eigenvalue weighted by molar-refractivity contribution is -0.147. The molecule has 0 aromatic heterocycles. The molecule has 2 amide bonds. The maximum Gasteiger partial charge on any atom is 0.408 e. The second-order valence-electron chi connectivity index (χ2n) is 10.6. The number of terminal acetylenes is 1. The van der Waals surface area contributed by atoms with Gasteiger partial charge in [-0.25, -0.2) is 9.59 Å². The lowest BCUT2D eigenvalue weighted by Gasteiger charge is -2.20. The van der Waals surface area contributed by atoms with Gasteiger partial charge in [-0.15, -0.1) is 6.42 Å². The van der Waals surface area contributed by atoms with Crippen LogP contribution in [0.5, 0.6) is 0 Å². The number of aliphatic hydroxyl groups is 2. The number of alkyl carbamates (subject to hydrolysis) is 2. The van der Waals surface area contributed by atoms with Crippen LogP contribution in [-0.2, 0) is 42.7 Å². The standard InChI is InChI=1S/C26H44N2O13/c1-8-9-37-20(16-35-12-18(29)14-38-21(31)10-27-23(33)40-25(2,3)4)17-36-13-19(30)15-39-22(32)11-28-24(34)41-26(5,6)7/h1,18-20,29-30H,9-17H2,2-7H3,(H,27,33)(H,28,34). The SMILES string of the molecule is C#CCOC(COCC(O)COC(=O)CNC(=O)OC(C)(C)C)COCC(O)COC(=O)CNC(=O)OC(C)(C)C. The summed E-state index contributed by atoms with van der Waals surface area (Å²) in [5.41, 5.74) is -1.43. The van der Waals surface area contributed by atoms with Crippen molar-refractivity contribution in [1.82, 2.24) is 10.6 Å². The average molecular weight is 593 g/mol. The minimum Gasteiger partial charge on any atom is -0.462 e. The monoisotopic (exact) mass is 592 g/mol. The van der Waals surface area contributed by atoms with Gasteiger partial charge in [-0.1, -0.05) is 5.92 Å². The topological polar surface area (TPSA) is 197 Å². The van der Waals surface area contributed by atoms with Crippen LogP contribution >= 0.6 is 0 Å². The Labute approximate surface area is 240 Å². The molecule has 15 nitrogen and oxygen atoms in total. The highest BCUT2D eigenvalue weighted by Gasteiger charge is 2.19. The number of nitrogens with one attached hydrogen (secondary N) is 2. The van der Waals surface area contributed by atoms with Gasteiger partial charge in [-0.05, 0) is 41.5 Å². The largest absolute Gasteiger partial charge is 0.462 e. The number of hydrogen-bond acceptors (Lipinski definition) is 13. The number of rotatable bonds is 18. The van der Waals surface area contributed by atoms with Gasteiger partial charge in [0.25, 0.3) is 0 Å². The Morgan fingerprint density at radius 2 is 1.10 bits per heavy atom. The zero-order valence-electron chi connectivity index (χ0n) is 24.6. The Morgan fingerprint density at radius 3 is 1.44 bits per heavy atom. The molecule has 0 saturated carbocycles. The second-order valence-corrected chi connectivity index (χ2v) is 10.6. The number of carbonyl (C=O) groups excluding carboxylic acids is 4. The predicted octanol–water partition coefficient (Wildman–Crippen LogP) is -0.104. The third-order valence-corrected chi connectivity index (χ3v) is 4.06. The van der Waals surface area contributed by atoms with Crippen molar-refractivity contribution in [3.63, 3.8) is 0 Å². The average Bonchev–Trinajstić information content (AvgIpc) is 2.84. The van der Waals surface area contributed by atoms with Crippen LogP contribution in [0.4, 0.5) is 9.59 Å². The Bertz CT molecular complexity index is 786. The number of aliphatic hydroxyl groups excluding tert-OH is 2. The summed E-state index contributed by atoms with van der Waals surface area (Å²) in [5, 5.41) is 24.4. The molecule has 0 aliphatic rings. The quantitative estimate of drug-likeness (QED) is 0.0936. The molecule has 0 spiro atoms. The highest BCUT2D eigenvalue weighted by atomic mass is 16.6. The number of hydrogen-bond donors (Lipinski definition) is 4. The number of carbonyl (C=O) groups is 4. The van der Waals surface area contributed by atoms with Gasteiger partial charge in [0.05, 0.1) is 26.4 Å². The van der Waals surface area contributed by atoms with E-state index in [4.69, 9.17) is 39.6 Å².